The first-order valence-corrected chi connectivity index (χ1v) is 9.47. The van der Waals surface area contributed by atoms with Gasteiger partial charge in [0.1, 0.15) is 31.6 Å². The molecule has 0 saturated heterocycles. The van der Waals surface area contributed by atoms with Gasteiger partial charge in [-0.25, -0.2) is 14.4 Å². The largest absolute Gasteiger partial charge is 0.490 e. The molecule has 2 N–H and O–H groups in total. The molecule has 0 aliphatic rings. The Morgan fingerprint density at radius 3 is 2.20 bits per heavy atom. The minimum absolute atomic E-state index is 0.0243. The van der Waals surface area contributed by atoms with Crippen LogP contribution in [0.3, 0.4) is 0 Å². The standard InChI is InChI=1S/C22H25NO7/c1-15(2)19(23-22(27)30-14-16-6-4-3-5-7-16)21(26)29-13-12-28-18-10-8-17(9-11-18)20(24)25/h3-11,15,19H,12-14H2,1-2H3,(H,23,27)(H,24,25)/t19-/m0/s1. The fourth-order valence-corrected chi connectivity index (χ4v) is 2.47. The summed E-state index contributed by atoms with van der Waals surface area (Å²) in [4.78, 5) is 35.1. The molecule has 2 rings (SSSR count). The van der Waals surface area contributed by atoms with Crippen LogP contribution in [0.1, 0.15) is 29.8 Å². The number of benzene rings is 2. The molecular weight excluding hydrogens is 390 g/mol. The van der Waals surface area contributed by atoms with Crippen molar-refractivity contribution in [3.63, 3.8) is 0 Å². The predicted molar refractivity (Wildman–Crippen MR) is 108 cm³/mol. The highest BCUT2D eigenvalue weighted by Crippen LogP contribution is 2.12. The number of hydrogen-bond acceptors (Lipinski definition) is 6. The maximum absolute atomic E-state index is 12.3. The van der Waals surface area contributed by atoms with Crippen molar-refractivity contribution in [1.29, 1.82) is 0 Å². The third kappa shape index (κ3) is 7.46. The van der Waals surface area contributed by atoms with Crippen LogP contribution in [0, 0.1) is 5.92 Å². The third-order valence-corrected chi connectivity index (χ3v) is 4.10. The van der Waals surface area contributed by atoms with Gasteiger partial charge in [0, 0.05) is 0 Å². The number of carboxylic acids is 1. The number of carbonyl (C=O) groups excluding carboxylic acids is 2. The number of alkyl carbamates (subject to hydrolysis) is 1. The van der Waals surface area contributed by atoms with E-state index in [1.807, 2.05) is 30.3 Å². The number of carbonyl (C=O) groups is 3. The molecule has 0 saturated carbocycles. The second-order valence-electron chi connectivity index (χ2n) is 6.77. The van der Waals surface area contributed by atoms with Crippen LogP contribution in [0.4, 0.5) is 4.79 Å². The lowest BCUT2D eigenvalue weighted by molar-refractivity contribution is -0.148. The van der Waals surface area contributed by atoms with Crippen LogP contribution in [-0.2, 0) is 20.9 Å². The van der Waals surface area contributed by atoms with Crippen LogP contribution < -0.4 is 10.1 Å². The van der Waals surface area contributed by atoms with E-state index < -0.39 is 24.1 Å². The van der Waals surface area contributed by atoms with E-state index in [1.165, 1.54) is 24.3 Å². The summed E-state index contributed by atoms with van der Waals surface area (Å²) in [5.74, 6) is -1.36. The highest BCUT2D eigenvalue weighted by atomic mass is 16.6. The highest BCUT2D eigenvalue weighted by molar-refractivity contribution is 5.87. The van der Waals surface area contributed by atoms with E-state index in [0.717, 1.165) is 5.56 Å². The zero-order chi connectivity index (χ0) is 21.9. The molecule has 0 bridgehead atoms. The fourth-order valence-electron chi connectivity index (χ4n) is 2.47. The first kappa shape index (κ1) is 22.7. The summed E-state index contributed by atoms with van der Waals surface area (Å²) in [6, 6.07) is 14.2. The second kappa shape index (κ2) is 11.5. The molecular formula is C22H25NO7. The molecule has 8 nitrogen and oxygen atoms in total. The van der Waals surface area contributed by atoms with E-state index in [0.29, 0.717) is 5.75 Å². The topological polar surface area (TPSA) is 111 Å². The fraction of sp³-hybridized carbons (Fsp3) is 0.318. The smallest absolute Gasteiger partial charge is 0.408 e. The van der Waals surface area contributed by atoms with Crippen LogP contribution in [0.25, 0.3) is 0 Å². The summed E-state index contributed by atoms with van der Waals surface area (Å²) in [7, 11) is 0. The van der Waals surface area contributed by atoms with Crippen molar-refractivity contribution in [2.24, 2.45) is 5.92 Å². The number of aromatic carboxylic acids is 1. The maximum atomic E-state index is 12.3. The lowest BCUT2D eigenvalue weighted by atomic mass is 10.1. The van der Waals surface area contributed by atoms with Crippen LogP contribution >= 0.6 is 0 Å². The number of nitrogens with one attached hydrogen (secondary N) is 1. The summed E-state index contributed by atoms with van der Waals surface area (Å²) in [6.07, 6.45) is -0.704. The maximum Gasteiger partial charge on any atom is 0.408 e. The SMILES string of the molecule is CC(C)[C@H](NC(=O)OCc1ccccc1)C(=O)OCCOc1ccc(C(=O)O)cc1. The monoisotopic (exact) mass is 415 g/mol. The number of esters is 1. The Bertz CT molecular complexity index is 834. The molecule has 0 fully saturated rings. The van der Waals surface area contributed by atoms with Crippen LogP contribution in [0.15, 0.2) is 54.6 Å². The van der Waals surface area contributed by atoms with Gasteiger partial charge in [-0.3, -0.25) is 0 Å². The van der Waals surface area contributed by atoms with E-state index in [4.69, 9.17) is 19.3 Å². The molecule has 0 aliphatic carbocycles. The number of carboxylic acid groups (broad SMARTS) is 1. The summed E-state index contributed by atoms with van der Waals surface area (Å²) in [5, 5.41) is 11.4. The predicted octanol–water partition coefficient (Wildman–Crippen LogP) is 3.26. The van der Waals surface area contributed by atoms with Gasteiger partial charge in [0.15, 0.2) is 0 Å². The summed E-state index contributed by atoms with van der Waals surface area (Å²) in [5.41, 5.74) is 0.989. The van der Waals surface area contributed by atoms with Gasteiger partial charge in [0.25, 0.3) is 0 Å². The molecule has 1 atom stereocenters. The Balaban J connectivity index is 1.74. The second-order valence-corrected chi connectivity index (χ2v) is 6.77. The molecule has 0 spiro atoms. The number of ether oxygens (including phenoxy) is 3. The average Bonchev–Trinajstić information content (AvgIpc) is 2.74. The first-order chi connectivity index (χ1) is 14.4. The molecule has 0 aromatic heterocycles. The lowest BCUT2D eigenvalue weighted by Crippen LogP contribution is -2.45. The summed E-state index contributed by atoms with van der Waals surface area (Å²) in [6.45, 7) is 3.72. The van der Waals surface area contributed by atoms with Gasteiger partial charge in [-0.1, -0.05) is 44.2 Å². The van der Waals surface area contributed by atoms with Gasteiger partial charge in [0.2, 0.25) is 0 Å². The van der Waals surface area contributed by atoms with Crippen molar-refractivity contribution in [2.75, 3.05) is 13.2 Å². The van der Waals surface area contributed by atoms with Crippen molar-refractivity contribution in [1.82, 2.24) is 5.32 Å². The molecule has 1 amide bonds. The van der Waals surface area contributed by atoms with Crippen LogP contribution in [-0.4, -0.2) is 42.4 Å². The van der Waals surface area contributed by atoms with E-state index >= 15 is 0 Å². The van der Waals surface area contributed by atoms with Gasteiger partial charge in [0.05, 0.1) is 5.56 Å². The summed E-state index contributed by atoms with van der Waals surface area (Å²) >= 11 is 0. The number of hydrogen-bond donors (Lipinski definition) is 2. The minimum atomic E-state index is -1.02. The molecule has 2 aromatic rings. The third-order valence-electron chi connectivity index (χ3n) is 4.10. The molecule has 0 radical (unpaired) electrons. The van der Waals surface area contributed by atoms with Crippen molar-refractivity contribution in [3.8, 4) is 5.75 Å². The van der Waals surface area contributed by atoms with Gasteiger partial charge < -0.3 is 24.6 Å². The zero-order valence-electron chi connectivity index (χ0n) is 16.9. The molecule has 0 unspecified atom stereocenters. The van der Waals surface area contributed by atoms with E-state index in [9.17, 15) is 14.4 Å². The highest BCUT2D eigenvalue weighted by Gasteiger charge is 2.26. The van der Waals surface area contributed by atoms with Gasteiger partial charge in [-0.05, 0) is 35.7 Å². The first-order valence-electron chi connectivity index (χ1n) is 9.47. The molecule has 0 aliphatic heterocycles. The van der Waals surface area contributed by atoms with E-state index in [1.54, 1.807) is 13.8 Å². The number of amides is 1. The van der Waals surface area contributed by atoms with Gasteiger partial charge in [-0.15, -0.1) is 0 Å². The lowest BCUT2D eigenvalue weighted by Gasteiger charge is -2.20. The van der Waals surface area contributed by atoms with Crippen LogP contribution in [0.5, 0.6) is 5.75 Å². The van der Waals surface area contributed by atoms with Crippen molar-refractivity contribution in [2.45, 2.75) is 26.5 Å². The Kier molecular flexibility index (Phi) is 8.68. The summed E-state index contributed by atoms with van der Waals surface area (Å²) < 4.78 is 15.7. The number of rotatable bonds is 10. The van der Waals surface area contributed by atoms with Crippen molar-refractivity contribution in [3.05, 3.63) is 65.7 Å². The van der Waals surface area contributed by atoms with Crippen molar-refractivity contribution < 1.29 is 33.7 Å². The normalized spacial score (nSPS) is 11.4. The molecule has 2 aromatic carbocycles. The Morgan fingerprint density at radius 2 is 1.60 bits per heavy atom. The quantitative estimate of drug-likeness (QED) is 0.452. The minimum Gasteiger partial charge on any atom is -0.490 e. The zero-order valence-corrected chi connectivity index (χ0v) is 16.9. The molecule has 0 heterocycles. The average molecular weight is 415 g/mol. The van der Waals surface area contributed by atoms with E-state index in [-0.39, 0.29) is 31.3 Å². The van der Waals surface area contributed by atoms with Crippen LogP contribution in [0.2, 0.25) is 0 Å². The van der Waals surface area contributed by atoms with Gasteiger partial charge >= 0.3 is 18.0 Å². The van der Waals surface area contributed by atoms with Crippen molar-refractivity contribution >= 4 is 18.0 Å². The Morgan fingerprint density at radius 1 is 0.933 bits per heavy atom. The molecule has 160 valence electrons. The molecule has 30 heavy (non-hydrogen) atoms. The van der Waals surface area contributed by atoms with E-state index in [2.05, 4.69) is 5.32 Å². The molecule has 8 heteroatoms. The Hall–Kier alpha value is -3.55. The van der Waals surface area contributed by atoms with Gasteiger partial charge in [-0.2, -0.15) is 0 Å². The Labute approximate surface area is 174 Å².